The first-order chi connectivity index (χ1) is 8.28. The van der Waals surface area contributed by atoms with Crippen LogP contribution in [0.3, 0.4) is 0 Å². The predicted octanol–water partition coefficient (Wildman–Crippen LogP) is 1.85. The van der Waals surface area contributed by atoms with Crippen LogP contribution in [0.25, 0.3) is 5.65 Å². The molecule has 3 heterocycles. The van der Waals surface area contributed by atoms with Crippen LogP contribution in [0.15, 0.2) is 18.3 Å². The zero-order valence-electron chi connectivity index (χ0n) is 10.4. The first kappa shape index (κ1) is 10.7. The van der Waals surface area contributed by atoms with E-state index < -0.39 is 0 Å². The van der Waals surface area contributed by atoms with Crippen LogP contribution in [0.2, 0.25) is 0 Å². The second-order valence-electron chi connectivity index (χ2n) is 4.81. The van der Waals surface area contributed by atoms with E-state index >= 15 is 0 Å². The molecule has 4 heteroatoms. The van der Waals surface area contributed by atoms with Crippen molar-refractivity contribution < 1.29 is 0 Å². The number of fused-ring (bicyclic) bond motifs is 1. The van der Waals surface area contributed by atoms with Gasteiger partial charge in [-0.15, -0.1) is 0 Å². The van der Waals surface area contributed by atoms with Crippen LogP contribution >= 0.6 is 0 Å². The van der Waals surface area contributed by atoms with Crippen molar-refractivity contribution in [3.63, 3.8) is 0 Å². The Morgan fingerprint density at radius 3 is 3.06 bits per heavy atom. The van der Waals surface area contributed by atoms with E-state index in [1.165, 1.54) is 18.5 Å². The molecule has 0 spiro atoms. The summed E-state index contributed by atoms with van der Waals surface area (Å²) in [6.45, 7) is 7.70. The molecule has 0 bridgehead atoms. The van der Waals surface area contributed by atoms with Crippen molar-refractivity contribution in [2.75, 3.05) is 19.6 Å². The highest BCUT2D eigenvalue weighted by molar-refractivity contribution is 5.46. The first-order valence-electron chi connectivity index (χ1n) is 6.32. The van der Waals surface area contributed by atoms with Crippen molar-refractivity contribution in [3.05, 3.63) is 29.7 Å². The number of nitrogens with zero attached hydrogens (tertiary/aromatic N) is 4. The summed E-state index contributed by atoms with van der Waals surface area (Å²) in [6, 6.07) is 4.11. The summed E-state index contributed by atoms with van der Waals surface area (Å²) >= 11 is 0. The number of aromatic nitrogens is 3. The molecule has 4 nitrogen and oxygen atoms in total. The van der Waals surface area contributed by atoms with E-state index in [2.05, 4.69) is 34.9 Å². The van der Waals surface area contributed by atoms with E-state index in [1.54, 1.807) is 0 Å². The van der Waals surface area contributed by atoms with E-state index in [-0.39, 0.29) is 0 Å². The lowest BCUT2D eigenvalue weighted by molar-refractivity contribution is 0.352. The molecular weight excluding hydrogens is 212 g/mol. The number of hydrogen-bond acceptors (Lipinski definition) is 3. The van der Waals surface area contributed by atoms with Crippen LogP contribution in [0.4, 0.5) is 0 Å². The maximum absolute atomic E-state index is 4.69. The van der Waals surface area contributed by atoms with Crippen molar-refractivity contribution in [1.29, 1.82) is 0 Å². The quantitative estimate of drug-likeness (QED) is 0.789. The number of aryl methyl sites for hydroxylation is 1. The lowest BCUT2D eigenvalue weighted by Gasteiger charge is -2.10. The molecule has 1 aliphatic heterocycles. The van der Waals surface area contributed by atoms with Gasteiger partial charge in [-0.05, 0) is 38.1 Å². The van der Waals surface area contributed by atoms with Gasteiger partial charge in [-0.2, -0.15) is 5.10 Å². The third-order valence-corrected chi connectivity index (χ3v) is 3.66. The van der Waals surface area contributed by atoms with Crippen LogP contribution in [-0.2, 0) is 0 Å². The number of likely N-dealkylation sites (N-methyl/N-ethyl adjacent to an activating group) is 1. The number of hydrogen-bond donors (Lipinski definition) is 0. The lowest BCUT2D eigenvalue weighted by Crippen LogP contribution is -2.19. The van der Waals surface area contributed by atoms with Gasteiger partial charge in [-0.1, -0.05) is 13.0 Å². The Morgan fingerprint density at radius 2 is 2.35 bits per heavy atom. The Bertz CT molecular complexity index is 531. The fourth-order valence-corrected chi connectivity index (χ4v) is 2.56. The molecule has 17 heavy (non-hydrogen) atoms. The van der Waals surface area contributed by atoms with Crippen molar-refractivity contribution in [1.82, 2.24) is 19.5 Å². The van der Waals surface area contributed by atoms with E-state index in [0.717, 1.165) is 24.6 Å². The summed E-state index contributed by atoms with van der Waals surface area (Å²) < 4.78 is 1.90. The predicted molar refractivity (Wildman–Crippen MR) is 67.2 cm³/mol. The fourth-order valence-electron chi connectivity index (χ4n) is 2.56. The highest BCUT2D eigenvalue weighted by atomic mass is 15.3. The van der Waals surface area contributed by atoms with Gasteiger partial charge in [0.15, 0.2) is 11.5 Å². The number of likely N-dealkylation sites (tertiary alicyclic amines) is 1. The molecule has 0 aromatic carbocycles. The Hall–Kier alpha value is -1.42. The summed E-state index contributed by atoms with van der Waals surface area (Å²) in [7, 11) is 0. The molecule has 1 atom stereocenters. The Labute approximate surface area is 101 Å². The maximum Gasteiger partial charge on any atom is 0.158 e. The summed E-state index contributed by atoms with van der Waals surface area (Å²) in [6.07, 6.45) is 3.16. The van der Waals surface area contributed by atoms with Crippen LogP contribution in [0.1, 0.15) is 30.7 Å². The zero-order chi connectivity index (χ0) is 11.8. The molecule has 1 saturated heterocycles. The summed E-state index contributed by atoms with van der Waals surface area (Å²) in [5.41, 5.74) is 2.19. The van der Waals surface area contributed by atoms with E-state index in [9.17, 15) is 0 Å². The minimum Gasteiger partial charge on any atom is -0.303 e. The normalized spacial score (nSPS) is 21.4. The average molecular weight is 230 g/mol. The maximum atomic E-state index is 4.69. The average Bonchev–Trinajstić information content (AvgIpc) is 2.95. The van der Waals surface area contributed by atoms with Gasteiger partial charge >= 0.3 is 0 Å². The lowest BCUT2D eigenvalue weighted by atomic mass is 10.1. The molecule has 0 aliphatic carbocycles. The monoisotopic (exact) mass is 230 g/mol. The van der Waals surface area contributed by atoms with Crippen LogP contribution in [0, 0.1) is 6.92 Å². The van der Waals surface area contributed by atoms with Crippen LogP contribution in [-0.4, -0.2) is 39.1 Å². The van der Waals surface area contributed by atoms with Crippen molar-refractivity contribution in [2.24, 2.45) is 0 Å². The fraction of sp³-hybridized carbons (Fsp3) is 0.538. The third kappa shape index (κ3) is 1.82. The van der Waals surface area contributed by atoms with Gasteiger partial charge in [0.1, 0.15) is 0 Å². The second kappa shape index (κ2) is 4.11. The Morgan fingerprint density at radius 1 is 1.47 bits per heavy atom. The third-order valence-electron chi connectivity index (χ3n) is 3.66. The Balaban J connectivity index is 1.94. The van der Waals surface area contributed by atoms with Gasteiger partial charge in [0, 0.05) is 18.7 Å². The summed E-state index contributed by atoms with van der Waals surface area (Å²) in [4.78, 5) is 7.15. The molecule has 0 N–H and O–H groups in total. The molecular formula is C13H18N4. The zero-order valence-corrected chi connectivity index (χ0v) is 10.4. The van der Waals surface area contributed by atoms with Gasteiger partial charge in [0.25, 0.3) is 0 Å². The number of rotatable bonds is 2. The van der Waals surface area contributed by atoms with Crippen molar-refractivity contribution >= 4 is 5.65 Å². The second-order valence-corrected chi connectivity index (χ2v) is 4.81. The van der Waals surface area contributed by atoms with Gasteiger partial charge in [0.05, 0.1) is 0 Å². The number of pyridine rings is 1. The minimum atomic E-state index is 0.509. The van der Waals surface area contributed by atoms with E-state index in [4.69, 9.17) is 0 Å². The highest BCUT2D eigenvalue weighted by Gasteiger charge is 2.26. The molecule has 90 valence electrons. The molecule has 1 aliphatic rings. The van der Waals surface area contributed by atoms with Crippen molar-refractivity contribution in [3.8, 4) is 0 Å². The van der Waals surface area contributed by atoms with E-state index in [1.807, 2.05) is 16.8 Å². The molecule has 0 amide bonds. The smallest absolute Gasteiger partial charge is 0.158 e. The largest absolute Gasteiger partial charge is 0.303 e. The minimum absolute atomic E-state index is 0.509. The summed E-state index contributed by atoms with van der Waals surface area (Å²) in [5, 5.41) is 4.60. The molecule has 0 saturated carbocycles. The summed E-state index contributed by atoms with van der Waals surface area (Å²) in [5.74, 6) is 1.52. The van der Waals surface area contributed by atoms with Crippen LogP contribution in [0.5, 0.6) is 0 Å². The van der Waals surface area contributed by atoms with E-state index in [0.29, 0.717) is 5.92 Å². The topological polar surface area (TPSA) is 33.4 Å². The molecule has 0 radical (unpaired) electrons. The standard InChI is InChI=1S/C13H18N4/c1-3-16-8-6-11(9-16)12-14-13-10(2)5-4-7-17(13)15-12/h4-5,7,11H,3,6,8-9H2,1-2H3. The van der Waals surface area contributed by atoms with Gasteiger partial charge in [0.2, 0.25) is 0 Å². The molecule has 1 fully saturated rings. The molecule has 2 aromatic rings. The van der Waals surface area contributed by atoms with Gasteiger partial charge in [-0.25, -0.2) is 9.50 Å². The van der Waals surface area contributed by atoms with Gasteiger partial charge < -0.3 is 4.90 Å². The van der Waals surface area contributed by atoms with Crippen molar-refractivity contribution in [2.45, 2.75) is 26.2 Å². The molecule has 3 rings (SSSR count). The first-order valence-corrected chi connectivity index (χ1v) is 6.32. The van der Waals surface area contributed by atoms with Crippen LogP contribution < -0.4 is 0 Å². The molecule has 2 aromatic heterocycles. The Kier molecular flexibility index (Phi) is 2.59. The van der Waals surface area contributed by atoms with Gasteiger partial charge in [-0.3, -0.25) is 0 Å². The highest BCUT2D eigenvalue weighted by Crippen LogP contribution is 2.25. The molecule has 1 unspecified atom stereocenters. The SMILES string of the molecule is CCN1CCC(c2nc3c(C)cccn3n2)C1.